The third-order valence-corrected chi connectivity index (χ3v) is 4.03. The first-order valence-electron chi connectivity index (χ1n) is 8.58. The third kappa shape index (κ3) is 4.84. The quantitative estimate of drug-likeness (QED) is 0.581. The monoisotopic (exact) mass is 343 g/mol. The van der Waals surface area contributed by atoms with Crippen LogP contribution < -0.4 is 0 Å². The molecule has 3 rings (SSSR count). The zero-order chi connectivity index (χ0) is 18.2. The summed E-state index contributed by atoms with van der Waals surface area (Å²) in [6.45, 7) is 0. The largest absolute Gasteiger partial charge is 0.507 e. The average Bonchev–Trinajstić information content (AvgIpc) is 2.66. The van der Waals surface area contributed by atoms with E-state index in [0.717, 1.165) is 24.1 Å². The normalized spacial score (nSPS) is 11.4. The van der Waals surface area contributed by atoms with Crippen molar-refractivity contribution in [1.29, 1.82) is 0 Å². The minimum Gasteiger partial charge on any atom is -0.507 e. The van der Waals surface area contributed by atoms with Gasteiger partial charge in [0.15, 0.2) is 0 Å². The molecule has 0 heterocycles. The van der Waals surface area contributed by atoms with Gasteiger partial charge in [-0.25, -0.2) is 0 Å². The lowest BCUT2D eigenvalue weighted by atomic mass is 10.1. The summed E-state index contributed by atoms with van der Waals surface area (Å²) in [5.74, 6) is 0.519. The summed E-state index contributed by atoms with van der Waals surface area (Å²) >= 11 is 0. The summed E-state index contributed by atoms with van der Waals surface area (Å²) in [7, 11) is 0. The second-order valence-electron chi connectivity index (χ2n) is 5.99. The summed E-state index contributed by atoms with van der Waals surface area (Å²) in [5.41, 5.74) is 3.58. The highest BCUT2D eigenvalue weighted by Gasteiger charge is 1.98. The molecule has 3 heteroatoms. The molecule has 3 aromatic carbocycles. The summed E-state index contributed by atoms with van der Waals surface area (Å²) in [4.78, 5) is 4.45. The van der Waals surface area contributed by atoms with Gasteiger partial charge >= 0.3 is 0 Å². The second-order valence-corrected chi connectivity index (χ2v) is 5.99. The number of aryl methyl sites for hydroxylation is 1. The number of aromatic hydroxyl groups is 2. The van der Waals surface area contributed by atoms with Crippen LogP contribution in [0.5, 0.6) is 11.5 Å². The van der Waals surface area contributed by atoms with Gasteiger partial charge in [-0.3, -0.25) is 4.99 Å². The standard InChI is InChI=1S/C23H21NO2/c25-22-14-5-3-11-19(22)10-2-1-8-18-9-7-13-21(16-18)24-17-20-12-4-6-15-23(20)26/h2-7,9-17,25-26H,1,8H2/b10-2+,24-17?. The van der Waals surface area contributed by atoms with Crippen LogP contribution >= 0.6 is 0 Å². The van der Waals surface area contributed by atoms with Crippen molar-refractivity contribution in [2.45, 2.75) is 12.8 Å². The van der Waals surface area contributed by atoms with Crippen molar-refractivity contribution >= 4 is 18.0 Å². The van der Waals surface area contributed by atoms with Crippen molar-refractivity contribution in [2.75, 3.05) is 0 Å². The maximum absolute atomic E-state index is 9.78. The lowest BCUT2D eigenvalue weighted by Crippen LogP contribution is -1.84. The predicted octanol–water partition coefficient (Wildman–Crippen LogP) is 5.49. The molecular weight excluding hydrogens is 322 g/mol. The van der Waals surface area contributed by atoms with Crippen LogP contribution in [-0.4, -0.2) is 16.4 Å². The summed E-state index contributed by atoms with van der Waals surface area (Å²) in [5, 5.41) is 19.5. The summed E-state index contributed by atoms with van der Waals surface area (Å²) < 4.78 is 0. The fourth-order valence-corrected chi connectivity index (χ4v) is 2.62. The van der Waals surface area contributed by atoms with E-state index in [2.05, 4.69) is 17.1 Å². The molecule has 130 valence electrons. The zero-order valence-electron chi connectivity index (χ0n) is 14.4. The molecular formula is C23H21NO2. The first-order valence-corrected chi connectivity index (χ1v) is 8.58. The topological polar surface area (TPSA) is 52.8 Å². The number of nitrogens with zero attached hydrogens (tertiary/aromatic N) is 1. The Hall–Kier alpha value is -3.33. The lowest BCUT2D eigenvalue weighted by Gasteiger charge is -2.01. The Bertz CT molecular complexity index is 929. The fourth-order valence-electron chi connectivity index (χ4n) is 2.62. The maximum atomic E-state index is 9.78. The number of hydrogen-bond donors (Lipinski definition) is 2. The molecule has 0 fully saturated rings. The number of phenolic OH excluding ortho intramolecular Hbond substituents is 2. The molecule has 0 saturated carbocycles. The molecule has 0 aromatic heterocycles. The van der Waals surface area contributed by atoms with Crippen molar-refractivity contribution in [3.05, 3.63) is 95.6 Å². The van der Waals surface area contributed by atoms with E-state index in [0.29, 0.717) is 11.3 Å². The molecule has 0 aliphatic rings. The average molecular weight is 343 g/mol. The molecule has 0 spiro atoms. The molecule has 3 aromatic rings. The van der Waals surface area contributed by atoms with Gasteiger partial charge in [0.2, 0.25) is 0 Å². The van der Waals surface area contributed by atoms with Gasteiger partial charge in [0, 0.05) is 17.3 Å². The predicted molar refractivity (Wildman–Crippen MR) is 107 cm³/mol. The Balaban J connectivity index is 1.61. The minimum absolute atomic E-state index is 0.224. The number of hydrogen-bond acceptors (Lipinski definition) is 3. The smallest absolute Gasteiger partial charge is 0.124 e. The fraction of sp³-hybridized carbons (Fsp3) is 0.0870. The number of para-hydroxylation sites is 2. The highest BCUT2D eigenvalue weighted by Crippen LogP contribution is 2.20. The Morgan fingerprint density at radius 2 is 1.46 bits per heavy atom. The van der Waals surface area contributed by atoms with Gasteiger partial charge in [0.25, 0.3) is 0 Å². The van der Waals surface area contributed by atoms with E-state index >= 15 is 0 Å². The SMILES string of the molecule is Oc1ccccc1C=Nc1cccc(CC/C=C/c2ccccc2O)c1. The van der Waals surface area contributed by atoms with E-state index in [1.165, 1.54) is 5.56 Å². The molecule has 26 heavy (non-hydrogen) atoms. The first kappa shape index (κ1) is 17.5. The molecule has 0 aliphatic heterocycles. The highest BCUT2D eigenvalue weighted by molar-refractivity contribution is 5.85. The van der Waals surface area contributed by atoms with Gasteiger partial charge in [-0.1, -0.05) is 54.6 Å². The minimum atomic E-state index is 0.224. The molecule has 0 saturated heterocycles. The van der Waals surface area contributed by atoms with Crippen LogP contribution in [0.1, 0.15) is 23.1 Å². The van der Waals surface area contributed by atoms with Gasteiger partial charge in [-0.2, -0.15) is 0 Å². The van der Waals surface area contributed by atoms with Crippen LogP contribution in [0, 0.1) is 0 Å². The molecule has 3 nitrogen and oxygen atoms in total. The molecule has 0 radical (unpaired) electrons. The Kier molecular flexibility index (Phi) is 5.84. The third-order valence-electron chi connectivity index (χ3n) is 4.03. The highest BCUT2D eigenvalue weighted by atomic mass is 16.3. The first-order chi connectivity index (χ1) is 12.7. The number of benzene rings is 3. The zero-order valence-corrected chi connectivity index (χ0v) is 14.4. The lowest BCUT2D eigenvalue weighted by molar-refractivity contribution is 0.473. The van der Waals surface area contributed by atoms with Gasteiger partial charge in [-0.05, 0) is 48.7 Å². The van der Waals surface area contributed by atoms with Crippen LogP contribution in [0.2, 0.25) is 0 Å². The van der Waals surface area contributed by atoms with Crippen LogP contribution in [0.3, 0.4) is 0 Å². The number of aliphatic imine (C=N–C) groups is 1. The van der Waals surface area contributed by atoms with Crippen molar-refractivity contribution in [1.82, 2.24) is 0 Å². The van der Waals surface area contributed by atoms with E-state index in [-0.39, 0.29) is 5.75 Å². The van der Waals surface area contributed by atoms with Gasteiger partial charge in [-0.15, -0.1) is 0 Å². The van der Waals surface area contributed by atoms with E-state index in [1.807, 2.05) is 54.6 Å². The van der Waals surface area contributed by atoms with Crippen LogP contribution in [0.4, 0.5) is 5.69 Å². The van der Waals surface area contributed by atoms with E-state index in [1.54, 1.807) is 24.4 Å². The van der Waals surface area contributed by atoms with Gasteiger partial charge < -0.3 is 10.2 Å². The maximum Gasteiger partial charge on any atom is 0.124 e. The van der Waals surface area contributed by atoms with Crippen LogP contribution in [0.15, 0.2) is 83.9 Å². The van der Waals surface area contributed by atoms with E-state index in [4.69, 9.17) is 0 Å². The van der Waals surface area contributed by atoms with E-state index in [9.17, 15) is 10.2 Å². The van der Waals surface area contributed by atoms with Crippen molar-refractivity contribution in [2.24, 2.45) is 4.99 Å². The molecule has 0 aliphatic carbocycles. The van der Waals surface area contributed by atoms with Crippen molar-refractivity contribution < 1.29 is 10.2 Å². The molecule has 0 amide bonds. The molecule has 0 atom stereocenters. The van der Waals surface area contributed by atoms with E-state index < -0.39 is 0 Å². The van der Waals surface area contributed by atoms with Gasteiger partial charge in [0.05, 0.1) is 5.69 Å². The number of rotatable bonds is 6. The Morgan fingerprint density at radius 3 is 2.19 bits per heavy atom. The number of allylic oxidation sites excluding steroid dienone is 1. The van der Waals surface area contributed by atoms with Crippen molar-refractivity contribution in [3.8, 4) is 11.5 Å². The second kappa shape index (κ2) is 8.67. The Labute approximate surface area is 153 Å². The number of phenols is 2. The Morgan fingerprint density at radius 1 is 0.769 bits per heavy atom. The molecule has 0 unspecified atom stereocenters. The summed E-state index contributed by atoms with van der Waals surface area (Å²) in [6.07, 6.45) is 7.44. The summed E-state index contributed by atoms with van der Waals surface area (Å²) in [6, 6.07) is 22.5. The van der Waals surface area contributed by atoms with Crippen LogP contribution in [-0.2, 0) is 6.42 Å². The molecule has 2 N–H and O–H groups in total. The molecule has 0 bridgehead atoms. The van der Waals surface area contributed by atoms with Gasteiger partial charge in [0.1, 0.15) is 11.5 Å². The van der Waals surface area contributed by atoms with Crippen molar-refractivity contribution in [3.63, 3.8) is 0 Å². The van der Waals surface area contributed by atoms with Crippen LogP contribution in [0.25, 0.3) is 6.08 Å².